The first-order valence-corrected chi connectivity index (χ1v) is 8.14. The zero-order valence-corrected chi connectivity index (χ0v) is 14.3. The van der Waals surface area contributed by atoms with Gasteiger partial charge in [0, 0.05) is 18.4 Å². The fourth-order valence-corrected chi connectivity index (χ4v) is 2.09. The molecule has 1 heterocycles. The number of aromatic nitrogens is 3. The predicted octanol–water partition coefficient (Wildman–Crippen LogP) is 1.47. The number of rotatable bonds is 9. The molecule has 2 rings (SSSR count). The van der Waals surface area contributed by atoms with Crippen molar-refractivity contribution in [1.82, 2.24) is 20.5 Å². The largest absolute Gasteiger partial charge is 0.493 e. The zero-order valence-electron chi connectivity index (χ0n) is 14.3. The smallest absolute Gasteiger partial charge is 0.273 e. The quantitative estimate of drug-likeness (QED) is 0.405. The van der Waals surface area contributed by atoms with Gasteiger partial charge >= 0.3 is 0 Å². The third-order valence-corrected chi connectivity index (χ3v) is 3.46. The van der Waals surface area contributed by atoms with Crippen LogP contribution in [-0.4, -0.2) is 34.2 Å². The molecule has 2 aromatic rings. The predicted molar refractivity (Wildman–Crippen MR) is 98.6 cm³/mol. The van der Waals surface area contributed by atoms with Gasteiger partial charge in [-0.15, -0.1) is 23.2 Å². The fraction of sp³-hybridized carbons (Fsp3) is 0.263. The number of carbonyl (C=O) groups excluding carboxylic acids is 1. The number of H-pyrrole nitrogens is 1. The molecule has 0 saturated carbocycles. The van der Waals surface area contributed by atoms with Gasteiger partial charge in [0.2, 0.25) is 5.91 Å². The molecule has 0 aliphatic carbocycles. The molecule has 0 aliphatic rings. The van der Waals surface area contributed by atoms with E-state index in [0.717, 1.165) is 12.2 Å². The third-order valence-electron chi connectivity index (χ3n) is 3.46. The summed E-state index contributed by atoms with van der Waals surface area (Å²) in [5.41, 5.74) is 0.545. The van der Waals surface area contributed by atoms with E-state index in [9.17, 15) is 9.59 Å². The lowest BCUT2D eigenvalue weighted by atomic mass is 10.2. The molecule has 0 bridgehead atoms. The maximum atomic E-state index is 12.1. The fourth-order valence-electron chi connectivity index (χ4n) is 2.09. The van der Waals surface area contributed by atoms with Gasteiger partial charge in [-0.3, -0.25) is 9.59 Å². The number of terminal acetylenes is 1. The second kappa shape index (κ2) is 9.79. The molecule has 7 nitrogen and oxygen atoms in total. The number of carbonyl (C=O) groups is 1. The molecular weight excluding hydrogens is 332 g/mol. The SMILES string of the molecule is C#CCNC(=O)CCc1nnc(-c2ccc(OCCC=C)cc2)[nH]c1=O. The summed E-state index contributed by atoms with van der Waals surface area (Å²) in [4.78, 5) is 26.3. The van der Waals surface area contributed by atoms with Gasteiger partial charge < -0.3 is 15.0 Å². The topological polar surface area (TPSA) is 97.0 Å². The van der Waals surface area contributed by atoms with E-state index in [4.69, 9.17) is 11.2 Å². The van der Waals surface area contributed by atoms with Crippen molar-refractivity contribution in [3.63, 3.8) is 0 Å². The van der Waals surface area contributed by atoms with E-state index in [0.29, 0.717) is 18.0 Å². The van der Waals surface area contributed by atoms with Crippen LogP contribution >= 0.6 is 0 Å². The summed E-state index contributed by atoms with van der Waals surface area (Å²) < 4.78 is 5.53. The van der Waals surface area contributed by atoms with Gasteiger partial charge in [-0.05, 0) is 30.7 Å². The first kappa shape index (κ1) is 18.9. The van der Waals surface area contributed by atoms with E-state index in [-0.39, 0.29) is 36.5 Å². The molecule has 0 saturated heterocycles. The molecule has 0 unspecified atom stereocenters. The van der Waals surface area contributed by atoms with Gasteiger partial charge in [0.15, 0.2) is 5.82 Å². The lowest BCUT2D eigenvalue weighted by molar-refractivity contribution is -0.120. The number of benzene rings is 1. The minimum Gasteiger partial charge on any atom is -0.493 e. The maximum absolute atomic E-state index is 12.1. The second-order valence-electron chi connectivity index (χ2n) is 5.38. The van der Waals surface area contributed by atoms with Crippen molar-refractivity contribution in [1.29, 1.82) is 0 Å². The van der Waals surface area contributed by atoms with Crippen LogP contribution in [0.5, 0.6) is 5.75 Å². The Labute approximate surface area is 151 Å². The van der Waals surface area contributed by atoms with Crippen molar-refractivity contribution in [2.24, 2.45) is 0 Å². The third kappa shape index (κ3) is 5.60. The highest BCUT2D eigenvalue weighted by molar-refractivity contribution is 5.76. The summed E-state index contributed by atoms with van der Waals surface area (Å²) in [5.74, 6) is 3.15. The van der Waals surface area contributed by atoms with Gasteiger partial charge in [0.05, 0.1) is 13.2 Å². The van der Waals surface area contributed by atoms with Gasteiger partial charge in [-0.25, -0.2) is 0 Å². The van der Waals surface area contributed by atoms with E-state index in [1.165, 1.54) is 0 Å². The molecule has 134 valence electrons. The monoisotopic (exact) mass is 352 g/mol. The Morgan fingerprint density at radius 3 is 2.77 bits per heavy atom. The number of nitrogens with zero attached hydrogens (tertiary/aromatic N) is 2. The minimum absolute atomic E-state index is 0.121. The molecular formula is C19H20N4O3. The van der Waals surface area contributed by atoms with Crippen molar-refractivity contribution >= 4 is 5.91 Å². The Hall–Kier alpha value is -3.40. The van der Waals surface area contributed by atoms with Crippen molar-refractivity contribution in [3.05, 3.63) is 53.0 Å². The Balaban J connectivity index is 2.00. The van der Waals surface area contributed by atoms with E-state index >= 15 is 0 Å². The average molecular weight is 352 g/mol. The first-order valence-electron chi connectivity index (χ1n) is 8.14. The molecule has 1 aromatic carbocycles. The summed E-state index contributed by atoms with van der Waals surface area (Å²) in [6, 6.07) is 7.16. The number of ether oxygens (including phenoxy) is 1. The number of nitrogens with one attached hydrogen (secondary N) is 2. The molecule has 26 heavy (non-hydrogen) atoms. The van der Waals surface area contributed by atoms with Gasteiger partial charge in [0.25, 0.3) is 5.56 Å². The van der Waals surface area contributed by atoms with Crippen LogP contribution in [0.2, 0.25) is 0 Å². The first-order chi connectivity index (χ1) is 12.6. The van der Waals surface area contributed by atoms with Gasteiger partial charge in [0.1, 0.15) is 11.4 Å². The van der Waals surface area contributed by atoms with E-state index in [1.807, 2.05) is 0 Å². The van der Waals surface area contributed by atoms with Crippen LogP contribution in [0.4, 0.5) is 0 Å². The molecule has 2 N–H and O–H groups in total. The summed E-state index contributed by atoms with van der Waals surface area (Å²) >= 11 is 0. The highest BCUT2D eigenvalue weighted by Crippen LogP contribution is 2.18. The Morgan fingerprint density at radius 1 is 1.35 bits per heavy atom. The van der Waals surface area contributed by atoms with Gasteiger partial charge in [-0.1, -0.05) is 12.0 Å². The minimum atomic E-state index is -0.369. The molecule has 0 atom stereocenters. The average Bonchev–Trinajstić information content (AvgIpc) is 2.66. The number of hydrogen-bond acceptors (Lipinski definition) is 5. The molecule has 1 amide bonds. The van der Waals surface area contributed by atoms with Crippen LogP contribution in [-0.2, 0) is 11.2 Å². The number of aryl methyl sites for hydroxylation is 1. The molecule has 0 spiro atoms. The van der Waals surface area contributed by atoms with Crippen molar-refractivity contribution in [2.45, 2.75) is 19.3 Å². The normalized spacial score (nSPS) is 9.96. The van der Waals surface area contributed by atoms with Crippen LogP contribution in [0.15, 0.2) is 41.7 Å². The van der Waals surface area contributed by atoms with Crippen LogP contribution in [0.25, 0.3) is 11.4 Å². The lowest BCUT2D eigenvalue weighted by Crippen LogP contribution is -2.25. The van der Waals surface area contributed by atoms with Crippen LogP contribution in [0.1, 0.15) is 18.5 Å². The van der Waals surface area contributed by atoms with Crippen LogP contribution < -0.4 is 15.6 Å². The van der Waals surface area contributed by atoms with E-state index in [2.05, 4.69) is 33.0 Å². The maximum Gasteiger partial charge on any atom is 0.273 e. The number of amides is 1. The Morgan fingerprint density at radius 2 is 2.12 bits per heavy atom. The van der Waals surface area contributed by atoms with Crippen LogP contribution in [0, 0.1) is 12.3 Å². The van der Waals surface area contributed by atoms with Crippen molar-refractivity contribution in [3.8, 4) is 29.5 Å². The van der Waals surface area contributed by atoms with Gasteiger partial charge in [-0.2, -0.15) is 0 Å². The summed E-state index contributed by atoms with van der Waals surface area (Å²) in [6.07, 6.45) is 7.93. The Kier molecular flexibility index (Phi) is 7.13. The highest BCUT2D eigenvalue weighted by Gasteiger charge is 2.09. The Bertz CT molecular complexity index is 850. The summed E-state index contributed by atoms with van der Waals surface area (Å²) in [5, 5.41) is 10.5. The molecule has 0 fully saturated rings. The van der Waals surface area contributed by atoms with E-state index in [1.54, 1.807) is 30.3 Å². The second-order valence-corrected chi connectivity index (χ2v) is 5.38. The molecule has 1 aromatic heterocycles. The molecule has 0 radical (unpaired) electrons. The molecule has 0 aliphatic heterocycles. The summed E-state index contributed by atoms with van der Waals surface area (Å²) in [7, 11) is 0. The summed E-state index contributed by atoms with van der Waals surface area (Å²) in [6.45, 7) is 4.36. The lowest BCUT2D eigenvalue weighted by Gasteiger charge is -2.06. The highest BCUT2D eigenvalue weighted by atomic mass is 16.5. The number of aromatic amines is 1. The van der Waals surface area contributed by atoms with Crippen molar-refractivity contribution < 1.29 is 9.53 Å². The van der Waals surface area contributed by atoms with Crippen molar-refractivity contribution in [2.75, 3.05) is 13.2 Å². The standard InChI is InChI=1S/C19H20N4O3/c1-3-5-13-26-15-8-6-14(7-9-15)18-21-19(25)16(22-23-18)10-11-17(24)20-12-4-2/h2-3,6-9H,1,5,10-13H2,(H,20,24)(H,21,23,25). The van der Waals surface area contributed by atoms with Crippen LogP contribution in [0.3, 0.4) is 0 Å². The molecule has 7 heteroatoms. The number of hydrogen-bond donors (Lipinski definition) is 2. The van der Waals surface area contributed by atoms with E-state index < -0.39 is 0 Å². The zero-order chi connectivity index (χ0) is 18.8.